The molecule has 1 N–H and O–H groups in total. The van der Waals surface area contributed by atoms with E-state index in [2.05, 4.69) is 17.0 Å². The molecule has 1 saturated carbocycles. The standard InChI is InChI=1S/C24H30N2O3S/c27-16-22-23(20-11-3-1-4-12-20)24(26(22)15-19-9-7-8-10-19)17-25(18-24)30(28,29)21-13-5-2-6-14-21/h1-6,11-14,19,22-23,27H,7-10,15-18H2/t22-,23+/m0/s1. The first-order valence-electron chi connectivity index (χ1n) is 11.0. The lowest BCUT2D eigenvalue weighted by Gasteiger charge is -2.70. The Bertz CT molecular complexity index is 968. The maximum Gasteiger partial charge on any atom is 0.243 e. The van der Waals surface area contributed by atoms with Gasteiger partial charge in [0.25, 0.3) is 0 Å². The van der Waals surface area contributed by atoms with Crippen LogP contribution in [0.3, 0.4) is 0 Å². The molecule has 6 heteroatoms. The normalized spacial score (nSPS) is 27.1. The van der Waals surface area contributed by atoms with Gasteiger partial charge in [0, 0.05) is 31.6 Å². The maximum atomic E-state index is 13.1. The summed E-state index contributed by atoms with van der Waals surface area (Å²) < 4.78 is 27.9. The Morgan fingerprint density at radius 1 is 0.933 bits per heavy atom. The van der Waals surface area contributed by atoms with Crippen LogP contribution in [0.4, 0.5) is 0 Å². The summed E-state index contributed by atoms with van der Waals surface area (Å²) in [7, 11) is -3.49. The smallest absolute Gasteiger partial charge is 0.243 e. The highest BCUT2D eigenvalue weighted by atomic mass is 32.2. The molecule has 0 unspecified atom stereocenters. The van der Waals surface area contributed by atoms with Gasteiger partial charge >= 0.3 is 0 Å². The lowest BCUT2D eigenvalue weighted by atomic mass is 9.61. The number of likely N-dealkylation sites (tertiary alicyclic amines) is 1. The van der Waals surface area contributed by atoms with Gasteiger partial charge in [-0.1, -0.05) is 61.4 Å². The fourth-order valence-electron chi connectivity index (χ4n) is 6.00. The van der Waals surface area contributed by atoms with Crippen LogP contribution in [0.1, 0.15) is 37.2 Å². The number of hydrogen-bond acceptors (Lipinski definition) is 4. The van der Waals surface area contributed by atoms with E-state index in [1.807, 2.05) is 24.3 Å². The molecule has 3 aliphatic rings. The fourth-order valence-corrected chi connectivity index (χ4v) is 7.59. The Morgan fingerprint density at radius 3 is 2.13 bits per heavy atom. The first kappa shape index (κ1) is 20.2. The van der Waals surface area contributed by atoms with Crippen LogP contribution in [0.25, 0.3) is 0 Å². The van der Waals surface area contributed by atoms with E-state index in [1.165, 1.54) is 31.2 Å². The maximum absolute atomic E-state index is 13.1. The summed E-state index contributed by atoms with van der Waals surface area (Å²) >= 11 is 0. The van der Waals surface area contributed by atoms with Gasteiger partial charge in [-0.25, -0.2) is 8.42 Å². The lowest BCUT2D eigenvalue weighted by molar-refractivity contribution is -0.175. The summed E-state index contributed by atoms with van der Waals surface area (Å²) in [6.45, 7) is 2.06. The van der Waals surface area contributed by atoms with Crippen molar-refractivity contribution in [2.45, 2.75) is 48.1 Å². The molecule has 0 bridgehead atoms. The summed E-state index contributed by atoms with van der Waals surface area (Å²) in [4.78, 5) is 2.80. The highest BCUT2D eigenvalue weighted by Gasteiger charge is 2.67. The minimum Gasteiger partial charge on any atom is -0.395 e. The predicted octanol–water partition coefficient (Wildman–Crippen LogP) is 3.08. The van der Waals surface area contributed by atoms with Crippen molar-refractivity contribution in [2.75, 3.05) is 26.2 Å². The molecule has 30 heavy (non-hydrogen) atoms. The van der Waals surface area contributed by atoms with Crippen molar-refractivity contribution in [2.24, 2.45) is 5.92 Å². The highest BCUT2D eigenvalue weighted by molar-refractivity contribution is 7.89. The number of aliphatic hydroxyl groups excluding tert-OH is 1. The minimum atomic E-state index is -3.49. The Kier molecular flexibility index (Phi) is 5.22. The van der Waals surface area contributed by atoms with E-state index in [1.54, 1.807) is 28.6 Å². The molecular weight excluding hydrogens is 396 g/mol. The van der Waals surface area contributed by atoms with Crippen LogP contribution < -0.4 is 0 Å². The van der Waals surface area contributed by atoms with Gasteiger partial charge in [-0.3, -0.25) is 4.90 Å². The number of rotatable bonds is 6. The third-order valence-corrected chi connectivity index (χ3v) is 9.30. The molecule has 2 aliphatic heterocycles. The first-order valence-corrected chi connectivity index (χ1v) is 12.5. The molecule has 2 saturated heterocycles. The van der Waals surface area contributed by atoms with Gasteiger partial charge in [0.2, 0.25) is 10.0 Å². The zero-order valence-corrected chi connectivity index (χ0v) is 18.0. The second-order valence-electron chi connectivity index (χ2n) is 9.13. The van der Waals surface area contributed by atoms with Gasteiger partial charge in [-0.2, -0.15) is 4.31 Å². The van der Waals surface area contributed by atoms with Gasteiger partial charge < -0.3 is 5.11 Å². The molecular formula is C24H30N2O3S. The van der Waals surface area contributed by atoms with E-state index in [0.717, 1.165) is 6.54 Å². The third kappa shape index (κ3) is 3.12. The fraction of sp³-hybridized carbons (Fsp3) is 0.500. The summed E-state index contributed by atoms with van der Waals surface area (Å²) in [5.41, 5.74) is 0.995. The monoisotopic (exact) mass is 426 g/mol. The Labute approximate surface area is 179 Å². The van der Waals surface area contributed by atoms with Crippen LogP contribution in [0.5, 0.6) is 0 Å². The number of hydrogen-bond donors (Lipinski definition) is 1. The van der Waals surface area contributed by atoms with Crippen LogP contribution >= 0.6 is 0 Å². The number of nitrogens with zero attached hydrogens (tertiary/aromatic N) is 2. The third-order valence-electron chi connectivity index (χ3n) is 7.49. The lowest BCUT2D eigenvalue weighted by Crippen LogP contribution is -2.85. The van der Waals surface area contributed by atoms with Crippen molar-refractivity contribution in [1.29, 1.82) is 0 Å². The average Bonchev–Trinajstić information content (AvgIpc) is 3.25. The van der Waals surface area contributed by atoms with E-state index in [4.69, 9.17) is 0 Å². The molecule has 2 heterocycles. The number of aliphatic hydroxyl groups is 1. The summed E-state index contributed by atoms with van der Waals surface area (Å²) in [5.74, 6) is 0.819. The quantitative estimate of drug-likeness (QED) is 0.771. The molecule has 3 fully saturated rings. The molecule has 160 valence electrons. The molecule has 5 rings (SSSR count). The first-order chi connectivity index (χ1) is 14.6. The van der Waals surface area contributed by atoms with E-state index in [9.17, 15) is 13.5 Å². The van der Waals surface area contributed by atoms with Crippen molar-refractivity contribution in [1.82, 2.24) is 9.21 Å². The summed E-state index contributed by atoms with van der Waals surface area (Å²) in [5, 5.41) is 10.2. The summed E-state index contributed by atoms with van der Waals surface area (Å²) in [6, 6.07) is 19.1. The SMILES string of the molecule is O=S(=O)(c1ccccc1)N1CC2(C1)[C@H](c1ccccc1)[C@H](CO)N2CC1CCCC1. The van der Waals surface area contributed by atoms with Crippen LogP contribution in [-0.2, 0) is 10.0 Å². The van der Waals surface area contributed by atoms with Gasteiger partial charge in [-0.05, 0) is 36.5 Å². The van der Waals surface area contributed by atoms with E-state index in [-0.39, 0.29) is 24.1 Å². The van der Waals surface area contributed by atoms with E-state index >= 15 is 0 Å². The van der Waals surface area contributed by atoms with Crippen LogP contribution in [0.2, 0.25) is 0 Å². The molecule has 5 nitrogen and oxygen atoms in total. The second-order valence-corrected chi connectivity index (χ2v) is 11.1. The van der Waals surface area contributed by atoms with Crippen molar-refractivity contribution < 1.29 is 13.5 Å². The van der Waals surface area contributed by atoms with E-state index < -0.39 is 10.0 Å². The molecule has 2 aromatic carbocycles. The molecule has 1 spiro atoms. The Morgan fingerprint density at radius 2 is 1.53 bits per heavy atom. The van der Waals surface area contributed by atoms with Crippen LogP contribution in [0.15, 0.2) is 65.6 Å². The molecule has 0 aromatic heterocycles. The highest BCUT2D eigenvalue weighted by Crippen LogP contribution is 2.55. The van der Waals surface area contributed by atoms with Crippen molar-refractivity contribution in [3.63, 3.8) is 0 Å². The minimum absolute atomic E-state index is 0.0644. The number of sulfonamides is 1. The topological polar surface area (TPSA) is 60.9 Å². The Hall–Kier alpha value is -1.73. The van der Waals surface area contributed by atoms with Crippen molar-refractivity contribution >= 4 is 10.0 Å². The van der Waals surface area contributed by atoms with Gasteiger partial charge in [-0.15, -0.1) is 0 Å². The second kappa shape index (κ2) is 7.75. The van der Waals surface area contributed by atoms with Gasteiger partial charge in [0.1, 0.15) is 0 Å². The van der Waals surface area contributed by atoms with Crippen molar-refractivity contribution in [3.8, 4) is 0 Å². The molecule has 1 aliphatic carbocycles. The van der Waals surface area contributed by atoms with E-state index in [0.29, 0.717) is 23.9 Å². The molecule has 2 aromatic rings. The average molecular weight is 427 g/mol. The largest absolute Gasteiger partial charge is 0.395 e. The Balaban J connectivity index is 1.43. The predicted molar refractivity (Wildman–Crippen MR) is 117 cm³/mol. The molecule has 0 radical (unpaired) electrons. The zero-order chi connectivity index (χ0) is 20.8. The van der Waals surface area contributed by atoms with Crippen LogP contribution in [-0.4, -0.2) is 60.6 Å². The van der Waals surface area contributed by atoms with Gasteiger partial charge in [0.15, 0.2) is 0 Å². The zero-order valence-electron chi connectivity index (χ0n) is 17.2. The molecule has 2 atom stereocenters. The van der Waals surface area contributed by atoms with Crippen LogP contribution in [0, 0.1) is 5.92 Å². The number of benzene rings is 2. The molecule has 0 amide bonds. The van der Waals surface area contributed by atoms with Crippen molar-refractivity contribution in [3.05, 3.63) is 66.2 Å². The summed E-state index contributed by atoms with van der Waals surface area (Å²) in [6.07, 6.45) is 5.05. The van der Waals surface area contributed by atoms with Gasteiger partial charge in [0.05, 0.1) is 17.0 Å².